The number of rotatable bonds is 5. The van der Waals surface area contributed by atoms with Crippen LogP contribution in [0.15, 0.2) is 23.3 Å². The van der Waals surface area contributed by atoms with Gasteiger partial charge in [0.25, 0.3) is 0 Å². The zero-order valence-corrected chi connectivity index (χ0v) is 13.4. The summed E-state index contributed by atoms with van der Waals surface area (Å²) >= 11 is 0. The van der Waals surface area contributed by atoms with Crippen molar-refractivity contribution < 1.29 is 9.53 Å². The van der Waals surface area contributed by atoms with Gasteiger partial charge in [-0.25, -0.2) is 4.79 Å². The van der Waals surface area contributed by atoms with Gasteiger partial charge in [-0.2, -0.15) is 0 Å². The Kier molecular flexibility index (Phi) is 6.83. The van der Waals surface area contributed by atoms with Gasteiger partial charge in [0.05, 0.1) is 0 Å². The molecule has 0 unspecified atom stereocenters. The van der Waals surface area contributed by atoms with Crippen LogP contribution in [0, 0.1) is 0 Å². The molecular weight excluding hydrogens is 250 g/mol. The normalized spacial score (nSPS) is 16.0. The number of allylic oxidation sites excluding steroid dienone is 2. The van der Waals surface area contributed by atoms with E-state index in [0.29, 0.717) is 6.54 Å². The zero-order valence-electron chi connectivity index (χ0n) is 13.4. The third kappa shape index (κ3) is 6.78. The molecule has 0 aliphatic heterocycles. The van der Waals surface area contributed by atoms with E-state index in [1.54, 1.807) is 0 Å². The third-order valence-corrected chi connectivity index (χ3v) is 3.22. The van der Waals surface area contributed by atoms with Crippen molar-refractivity contribution in [2.24, 2.45) is 0 Å². The Bertz CT molecular complexity index is 375. The molecule has 0 saturated heterocycles. The summed E-state index contributed by atoms with van der Waals surface area (Å²) in [7, 11) is 0. The molecule has 3 nitrogen and oxygen atoms in total. The van der Waals surface area contributed by atoms with Crippen LogP contribution >= 0.6 is 0 Å². The van der Waals surface area contributed by atoms with E-state index in [0.717, 1.165) is 19.3 Å². The van der Waals surface area contributed by atoms with Gasteiger partial charge in [0.2, 0.25) is 0 Å². The fraction of sp³-hybridized carbons (Fsp3) is 0.706. The van der Waals surface area contributed by atoms with E-state index in [1.165, 1.54) is 30.4 Å². The topological polar surface area (TPSA) is 38.3 Å². The molecule has 0 bridgehead atoms. The monoisotopic (exact) mass is 279 g/mol. The van der Waals surface area contributed by atoms with Crippen LogP contribution in [0.25, 0.3) is 0 Å². The molecule has 0 aromatic heterocycles. The Morgan fingerprint density at radius 2 is 1.90 bits per heavy atom. The van der Waals surface area contributed by atoms with Gasteiger partial charge in [-0.3, -0.25) is 0 Å². The second-order valence-corrected chi connectivity index (χ2v) is 6.35. The van der Waals surface area contributed by atoms with Crippen molar-refractivity contribution in [1.82, 2.24) is 5.32 Å². The summed E-state index contributed by atoms with van der Waals surface area (Å²) in [6.45, 7) is 8.42. The number of amides is 1. The lowest BCUT2D eigenvalue weighted by Crippen LogP contribution is -2.33. The summed E-state index contributed by atoms with van der Waals surface area (Å²) in [4.78, 5) is 11.7. The summed E-state index contributed by atoms with van der Waals surface area (Å²) in [5.74, 6) is 0. The van der Waals surface area contributed by atoms with Crippen LogP contribution in [0.1, 0.15) is 66.2 Å². The Morgan fingerprint density at radius 3 is 2.50 bits per heavy atom. The minimum Gasteiger partial charge on any atom is -0.444 e. The fourth-order valence-corrected chi connectivity index (χ4v) is 2.23. The van der Waals surface area contributed by atoms with Crippen LogP contribution in [-0.4, -0.2) is 18.2 Å². The maximum atomic E-state index is 11.7. The molecule has 0 heterocycles. The minimum atomic E-state index is -0.442. The Labute approximate surface area is 123 Å². The van der Waals surface area contributed by atoms with Gasteiger partial charge < -0.3 is 10.1 Å². The lowest BCUT2D eigenvalue weighted by Gasteiger charge is -2.20. The predicted octanol–water partition coefficient (Wildman–Crippen LogP) is 4.74. The van der Waals surface area contributed by atoms with Crippen molar-refractivity contribution in [2.75, 3.05) is 6.54 Å². The first-order valence-electron chi connectivity index (χ1n) is 7.77. The summed E-state index contributed by atoms with van der Waals surface area (Å²) in [6.07, 6.45) is 11.2. The Morgan fingerprint density at radius 1 is 1.25 bits per heavy atom. The molecule has 20 heavy (non-hydrogen) atoms. The second-order valence-electron chi connectivity index (χ2n) is 6.35. The second kappa shape index (κ2) is 8.13. The van der Waals surface area contributed by atoms with Crippen molar-refractivity contribution in [3.63, 3.8) is 0 Å². The van der Waals surface area contributed by atoms with Crippen molar-refractivity contribution in [1.29, 1.82) is 0 Å². The van der Waals surface area contributed by atoms with E-state index in [9.17, 15) is 4.79 Å². The van der Waals surface area contributed by atoms with Crippen LogP contribution in [0.3, 0.4) is 0 Å². The highest BCUT2D eigenvalue weighted by Crippen LogP contribution is 2.22. The van der Waals surface area contributed by atoms with Gasteiger partial charge in [-0.05, 0) is 64.0 Å². The first-order chi connectivity index (χ1) is 9.42. The van der Waals surface area contributed by atoms with E-state index in [2.05, 4.69) is 24.4 Å². The van der Waals surface area contributed by atoms with Crippen molar-refractivity contribution in [2.45, 2.75) is 71.8 Å². The first kappa shape index (κ1) is 16.8. The number of ether oxygens (including phenoxy) is 1. The number of carbonyl (C=O) groups is 1. The molecule has 0 saturated carbocycles. The van der Waals surface area contributed by atoms with E-state index >= 15 is 0 Å². The summed E-state index contributed by atoms with van der Waals surface area (Å²) in [5, 5.41) is 2.87. The predicted molar refractivity (Wildman–Crippen MR) is 83.8 cm³/mol. The number of carbonyl (C=O) groups excluding carboxylic acids is 1. The molecular formula is C17H29NO2. The van der Waals surface area contributed by atoms with Crippen LogP contribution < -0.4 is 5.32 Å². The number of alkyl carbamates (subject to hydrolysis) is 1. The lowest BCUT2D eigenvalue weighted by molar-refractivity contribution is 0.0533. The molecule has 114 valence electrons. The number of hydrogen-bond acceptors (Lipinski definition) is 2. The third-order valence-electron chi connectivity index (χ3n) is 3.22. The molecule has 3 heteroatoms. The highest BCUT2D eigenvalue weighted by molar-refractivity contribution is 5.68. The van der Waals surface area contributed by atoms with Crippen LogP contribution in [-0.2, 0) is 4.74 Å². The maximum Gasteiger partial charge on any atom is 0.407 e. The van der Waals surface area contributed by atoms with Crippen molar-refractivity contribution in [3.8, 4) is 0 Å². The van der Waals surface area contributed by atoms with Crippen molar-refractivity contribution >= 4 is 6.09 Å². The molecule has 0 spiro atoms. The van der Waals surface area contributed by atoms with Gasteiger partial charge in [0, 0.05) is 6.54 Å². The lowest BCUT2D eigenvalue weighted by atomic mass is 10.00. The average Bonchev–Trinajstić information content (AvgIpc) is 2.56. The van der Waals surface area contributed by atoms with E-state index in [-0.39, 0.29) is 6.09 Å². The Balaban J connectivity index is 2.54. The Hall–Kier alpha value is -1.25. The molecule has 1 amide bonds. The summed E-state index contributed by atoms with van der Waals surface area (Å²) < 4.78 is 5.28. The van der Waals surface area contributed by atoms with Crippen LogP contribution in [0.2, 0.25) is 0 Å². The standard InChI is InChI=1S/C17H29NO2/c1-5-6-10-14-11-8-7-9-12-15(14)13-18-16(19)20-17(2,3)4/h11-12H,5-10,13H2,1-4H3,(H,18,19). The zero-order chi connectivity index (χ0) is 15.0. The van der Waals surface area contributed by atoms with E-state index in [1.807, 2.05) is 20.8 Å². The van der Waals surface area contributed by atoms with Gasteiger partial charge >= 0.3 is 6.09 Å². The number of unbranched alkanes of at least 4 members (excludes halogenated alkanes) is 1. The largest absolute Gasteiger partial charge is 0.444 e. The highest BCUT2D eigenvalue weighted by atomic mass is 16.6. The molecule has 0 aromatic carbocycles. The molecule has 1 rings (SSSR count). The molecule has 0 aromatic rings. The van der Waals surface area contributed by atoms with Gasteiger partial charge in [-0.15, -0.1) is 0 Å². The number of nitrogens with one attached hydrogen (secondary N) is 1. The summed E-state index contributed by atoms with van der Waals surface area (Å²) in [6, 6.07) is 0. The molecule has 1 aliphatic carbocycles. The molecule has 0 atom stereocenters. The SMILES string of the molecule is CCCCC1=CCCCC=C1CNC(=O)OC(C)(C)C. The van der Waals surface area contributed by atoms with Gasteiger partial charge in [-0.1, -0.05) is 25.5 Å². The maximum absolute atomic E-state index is 11.7. The van der Waals surface area contributed by atoms with Crippen LogP contribution in [0.4, 0.5) is 4.79 Å². The van der Waals surface area contributed by atoms with Gasteiger partial charge in [0.15, 0.2) is 0 Å². The summed E-state index contributed by atoms with van der Waals surface area (Å²) in [5.41, 5.74) is 2.23. The average molecular weight is 279 g/mol. The van der Waals surface area contributed by atoms with Crippen LogP contribution in [0.5, 0.6) is 0 Å². The first-order valence-corrected chi connectivity index (χ1v) is 7.77. The molecule has 1 aliphatic rings. The molecule has 1 N–H and O–H groups in total. The molecule has 0 fully saturated rings. The van der Waals surface area contributed by atoms with Gasteiger partial charge in [0.1, 0.15) is 5.60 Å². The number of hydrogen-bond donors (Lipinski definition) is 1. The van der Waals surface area contributed by atoms with Crippen molar-refractivity contribution in [3.05, 3.63) is 23.3 Å². The highest BCUT2D eigenvalue weighted by Gasteiger charge is 2.16. The minimum absolute atomic E-state index is 0.336. The smallest absolute Gasteiger partial charge is 0.407 e. The van der Waals surface area contributed by atoms with E-state index < -0.39 is 5.60 Å². The van der Waals surface area contributed by atoms with E-state index in [4.69, 9.17) is 4.74 Å². The molecule has 0 radical (unpaired) electrons. The fourth-order valence-electron chi connectivity index (χ4n) is 2.23. The quantitative estimate of drug-likeness (QED) is 0.789.